The molecule has 3 rings (SSSR count). The van der Waals surface area contributed by atoms with Crippen LogP contribution in [0.4, 0.5) is 5.69 Å². The predicted molar refractivity (Wildman–Crippen MR) is 69.2 cm³/mol. The Morgan fingerprint density at radius 3 is 2.75 bits per heavy atom. The topological polar surface area (TPSA) is 98.3 Å². The van der Waals surface area contributed by atoms with Crippen molar-refractivity contribution < 1.29 is 14.8 Å². The van der Waals surface area contributed by atoms with E-state index in [9.17, 15) is 14.9 Å². The van der Waals surface area contributed by atoms with Gasteiger partial charge in [0.15, 0.2) is 0 Å². The highest BCUT2D eigenvalue weighted by molar-refractivity contribution is 5.92. The molecule has 20 heavy (non-hydrogen) atoms. The van der Waals surface area contributed by atoms with Gasteiger partial charge in [0.05, 0.1) is 16.3 Å². The number of carbonyl (C=O) groups is 1. The van der Waals surface area contributed by atoms with Crippen molar-refractivity contribution in [1.29, 1.82) is 0 Å². The van der Waals surface area contributed by atoms with E-state index < -0.39 is 16.6 Å². The lowest BCUT2D eigenvalue weighted by atomic mass is 10.1. The first-order valence-electron chi connectivity index (χ1n) is 6.14. The molecule has 0 aliphatic heterocycles. The second-order valence-electron chi connectivity index (χ2n) is 4.72. The molecular formula is C13H11N3O4. The summed E-state index contributed by atoms with van der Waals surface area (Å²) in [7, 11) is 0. The molecule has 0 atom stereocenters. The molecule has 1 N–H and O–H groups in total. The maximum absolute atomic E-state index is 10.9. The molecule has 1 fully saturated rings. The predicted octanol–water partition coefficient (Wildman–Crippen LogP) is 2.36. The van der Waals surface area contributed by atoms with Gasteiger partial charge in [-0.05, 0) is 31.0 Å². The van der Waals surface area contributed by atoms with Gasteiger partial charge in [0.25, 0.3) is 5.69 Å². The zero-order valence-corrected chi connectivity index (χ0v) is 10.4. The number of hydrogen-bond donors (Lipinski definition) is 1. The average Bonchev–Trinajstić information content (AvgIpc) is 3.15. The van der Waals surface area contributed by atoms with Crippen LogP contribution in [0.3, 0.4) is 0 Å². The van der Waals surface area contributed by atoms with Crippen LogP contribution in [-0.4, -0.2) is 25.8 Å². The Kier molecular flexibility index (Phi) is 2.74. The Hall–Kier alpha value is -2.70. The van der Waals surface area contributed by atoms with Crippen LogP contribution in [-0.2, 0) is 0 Å². The first kappa shape index (κ1) is 12.3. The van der Waals surface area contributed by atoms with E-state index in [1.807, 2.05) is 6.07 Å². The Labute approximate surface area is 113 Å². The van der Waals surface area contributed by atoms with Gasteiger partial charge in [-0.2, -0.15) is 5.10 Å². The van der Waals surface area contributed by atoms with Crippen LogP contribution >= 0.6 is 0 Å². The highest BCUT2D eigenvalue weighted by atomic mass is 16.6. The Balaban J connectivity index is 2.02. The number of carboxylic acid groups (broad SMARTS) is 1. The number of aromatic carboxylic acids is 1. The minimum atomic E-state index is -1.32. The van der Waals surface area contributed by atoms with Crippen molar-refractivity contribution in [3.63, 3.8) is 0 Å². The van der Waals surface area contributed by atoms with Gasteiger partial charge in [0, 0.05) is 18.2 Å². The van der Waals surface area contributed by atoms with Gasteiger partial charge < -0.3 is 5.11 Å². The molecule has 7 heteroatoms. The van der Waals surface area contributed by atoms with Crippen molar-refractivity contribution in [3.05, 3.63) is 51.8 Å². The largest absolute Gasteiger partial charge is 0.477 e. The summed E-state index contributed by atoms with van der Waals surface area (Å²) < 4.78 is 1.53. The number of rotatable bonds is 4. The monoisotopic (exact) mass is 273 g/mol. The Bertz CT molecular complexity index is 703. The number of aromatic nitrogens is 2. The second kappa shape index (κ2) is 4.44. The van der Waals surface area contributed by atoms with Crippen LogP contribution in [0, 0.1) is 10.1 Å². The Morgan fingerprint density at radius 2 is 2.15 bits per heavy atom. The van der Waals surface area contributed by atoms with Gasteiger partial charge in [0.2, 0.25) is 0 Å². The number of hydrogen-bond acceptors (Lipinski definition) is 4. The highest BCUT2D eigenvalue weighted by Crippen LogP contribution is 2.39. The molecule has 1 saturated carbocycles. The molecule has 1 aliphatic rings. The van der Waals surface area contributed by atoms with E-state index in [1.165, 1.54) is 22.9 Å². The van der Waals surface area contributed by atoms with E-state index in [4.69, 9.17) is 5.11 Å². The number of carboxylic acids is 1. The molecule has 0 bridgehead atoms. The fourth-order valence-corrected chi connectivity index (χ4v) is 2.07. The van der Waals surface area contributed by atoms with Gasteiger partial charge in [-0.3, -0.25) is 10.1 Å². The number of nitro benzene ring substituents is 1. The zero-order valence-electron chi connectivity index (χ0n) is 10.4. The van der Waals surface area contributed by atoms with Crippen molar-refractivity contribution >= 4 is 11.7 Å². The number of nitro groups is 1. The van der Waals surface area contributed by atoms with Gasteiger partial charge in [-0.25, -0.2) is 9.48 Å². The lowest BCUT2D eigenvalue weighted by Crippen LogP contribution is -2.04. The van der Waals surface area contributed by atoms with E-state index in [2.05, 4.69) is 5.10 Å². The van der Waals surface area contributed by atoms with Crippen molar-refractivity contribution in [2.24, 2.45) is 0 Å². The summed E-state index contributed by atoms with van der Waals surface area (Å²) in [6, 6.07) is 5.86. The van der Waals surface area contributed by atoms with Crippen molar-refractivity contribution in [2.45, 2.75) is 18.8 Å². The molecule has 102 valence electrons. The van der Waals surface area contributed by atoms with Crippen LogP contribution in [0.25, 0.3) is 5.69 Å². The fourth-order valence-electron chi connectivity index (χ4n) is 2.07. The molecule has 1 aromatic heterocycles. The normalized spacial score (nSPS) is 14.2. The third kappa shape index (κ3) is 2.13. The molecule has 7 nitrogen and oxygen atoms in total. The van der Waals surface area contributed by atoms with Crippen LogP contribution in [0.15, 0.2) is 30.5 Å². The summed E-state index contributed by atoms with van der Waals surface area (Å²) >= 11 is 0. The maximum Gasteiger partial charge on any atom is 0.342 e. The van der Waals surface area contributed by atoms with Crippen LogP contribution in [0.5, 0.6) is 0 Å². The van der Waals surface area contributed by atoms with Crippen molar-refractivity contribution in [1.82, 2.24) is 9.78 Å². The molecule has 1 aromatic carbocycles. The van der Waals surface area contributed by atoms with Crippen LogP contribution in [0.2, 0.25) is 0 Å². The number of benzene rings is 1. The van der Waals surface area contributed by atoms with Crippen LogP contribution < -0.4 is 0 Å². The van der Waals surface area contributed by atoms with E-state index in [0.717, 1.165) is 18.5 Å². The minimum absolute atomic E-state index is 0.326. The van der Waals surface area contributed by atoms with E-state index in [0.29, 0.717) is 11.6 Å². The fraction of sp³-hybridized carbons (Fsp3) is 0.231. The smallest absolute Gasteiger partial charge is 0.342 e. The average molecular weight is 273 g/mol. The molecule has 1 aliphatic carbocycles. The lowest BCUT2D eigenvalue weighted by Gasteiger charge is -2.03. The van der Waals surface area contributed by atoms with Gasteiger partial charge in [-0.15, -0.1) is 0 Å². The van der Waals surface area contributed by atoms with Gasteiger partial charge in [0.1, 0.15) is 5.56 Å². The highest BCUT2D eigenvalue weighted by Gasteiger charge is 2.26. The third-order valence-electron chi connectivity index (χ3n) is 3.28. The maximum atomic E-state index is 10.9. The third-order valence-corrected chi connectivity index (χ3v) is 3.28. The molecule has 0 unspecified atom stereocenters. The summed E-state index contributed by atoms with van der Waals surface area (Å²) in [6.07, 6.45) is 3.97. The summed E-state index contributed by atoms with van der Waals surface area (Å²) in [4.78, 5) is 21.2. The quantitative estimate of drug-likeness (QED) is 0.681. The summed E-state index contributed by atoms with van der Waals surface area (Å²) in [5.41, 5.74) is 0.690. The molecule has 0 radical (unpaired) electrons. The number of nitrogens with zero attached hydrogens (tertiary/aromatic N) is 3. The summed E-state index contributed by atoms with van der Waals surface area (Å²) in [6.45, 7) is 0. The van der Waals surface area contributed by atoms with Crippen molar-refractivity contribution in [3.8, 4) is 5.69 Å². The Morgan fingerprint density at radius 1 is 1.40 bits per heavy atom. The van der Waals surface area contributed by atoms with E-state index in [1.54, 1.807) is 6.20 Å². The molecule has 0 amide bonds. The SMILES string of the molecule is O=C(O)c1ccc(-n2ccc(C3CC3)n2)cc1[N+](=O)[O-]. The van der Waals surface area contributed by atoms with Crippen LogP contribution in [0.1, 0.15) is 34.8 Å². The van der Waals surface area contributed by atoms with E-state index >= 15 is 0 Å². The standard InChI is InChI=1S/C13H11N3O4/c17-13(18)10-4-3-9(7-12(10)16(19)20)15-6-5-11(14-15)8-1-2-8/h3-8H,1-2H2,(H,17,18). The van der Waals surface area contributed by atoms with E-state index in [-0.39, 0.29) is 5.56 Å². The molecular weight excluding hydrogens is 262 g/mol. The van der Waals surface area contributed by atoms with Crippen molar-refractivity contribution in [2.75, 3.05) is 0 Å². The lowest BCUT2D eigenvalue weighted by molar-refractivity contribution is -0.385. The van der Waals surface area contributed by atoms with Gasteiger partial charge in [-0.1, -0.05) is 0 Å². The summed E-state index contributed by atoms with van der Waals surface area (Å²) in [5.74, 6) is -0.827. The summed E-state index contributed by atoms with van der Waals surface area (Å²) in [5, 5.41) is 24.2. The zero-order chi connectivity index (χ0) is 14.3. The first-order chi connectivity index (χ1) is 9.56. The van der Waals surface area contributed by atoms with Gasteiger partial charge >= 0.3 is 5.97 Å². The molecule has 0 spiro atoms. The second-order valence-corrected chi connectivity index (χ2v) is 4.72. The molecule has 1 heterocycles. The molecule has 0 saturated heterocycles. The molecule has 2 aromatic rings. The minimum Gasteiger partial charge on any atom is -0.477 e. The first-order valence-corrected chi connectivity index (χ1v) is 6.14.